The van der Waals surface area contributed by atoms with Crippen LogP contribution in [0.1, 0.15) is 42.7 Å². The lowest BCUT2D eigenvalue weighted by atomic mass is 9.94. The molecule has 1 aliphatic rings. The van der Waals surface area contributed by atoms with Gasteiger partial charge in [0, 0.05) is 24.7 Å². The molecule has 2 aromatic rings. The maximum Gasteiger partial charge on any atom is 0.256 e. The number of hydrogen-bond donors (Lipinski definition) is 1. The Labute approximate surface area is 177 Å². The normalized spacial score (nSPS) is 19.9. The fraction of sp³-hybridized carbons (Fsp3) is 0.476. The van der Waals surface area contributed by atoms with Gasteiger partial charge in [0.2, 0.25) is 10.0 Å². The van der Waals surface area contributed by atoms with Gasteiger partial charge in [-0.3, -0.25) is 4.79 Å². The molecule has 160 valence electrons. The Hall–Kier alpha value is -2.70. The van der Waals surface area contributed by atoms with E-state index in [1.54, 1.807) is 17.7 Å². The fourth-order valence-corrected chi connectivity index (χ4v) is 5.57. The van der Waals surface area contributed by atoms with Crippen LogP contribution in [0.5, 0.6) is 0 Å². The van der Waals surface area contributed by atoms with E-state index in [2.05, 4.69) is 30.3 Å². The number of nitrogens with zero attached hydrogens (tertiary/aromatic N) is 4. The molecule has 1 aliphatic heterocycles. The standard InChI is InChI=1S/C21H27N5O3S/c1-15-11-16(2)14-25(13-15)30(28,29)19-7-5-18(6-8-19)21(27)23-20-12-17(3)24-26(20)10-4-9-22/h5-8,12,15-16H,4,10-11,13-14H2,1-3H3,(H,23,27). The number of anilines is 1. The van der Waals surface area contributed by atoms with Crippen LogP contribution in [0, 0.1) is 30.1 Å². The number of benzene rings is 1. The first-order valence-corrected chi connectivity index (χ1v) is 11.5. The smallest absolute Gasteiger partial charge is 0.256 e. The van der Waals surface area contributed by atoms with E-state index in [1.165, 1.54) is 28.6 Å². The van der Waals surface area contributed by atoms with Crippen molar-refractivity contribution in [2.45, 2.75) is 45.1 Å². The van der Waals surface area contributed by atoms with Gasteiger partial charge in [0.15, 0.2) is 0 Å². The van der Waals surface area contributed by atoms with Crippen LogP contribution >= 0.6 is 0 Å². The summed E-state index contributed by atoms with van der Waals surface area (Å²) in [5.74, 6) is 0.781. The van der Waals surface area contributed by atoms with Gasteiger partial charge in [0.1, 0.15) is 5.82 Å². The monoisotopic (exact) mass is 429 g/mol. The topological polar surface area (TPSA) is 108 Å². The molecule has 2 atom stereocenters. The first kappa shape index (κ1) is 22.0. The third-order valence-electron chi connectivity index (χ3n) is 5.17. The van der Waals surface area contributed by atoms with Crippen LogP contribution < -0.4 is 5.32 Å². The van der Waals surface area contributed by atoms with E-state index in [4.69, 9.17) is 5.26 Å². The minimum absolute atomic E-state index is 0.190. The van der Waals surface area contributed by atoms with Gasteiger partial charge in [0.25, 0.3) is 5.91 Å². The van der Waals surface area contributed by atoms with Gasteiger partial charge in [-0.25, -0.2) is 13.1 Å². The van der Waals surface area contributed by atoms with Crippen molar-refractivity contribution in [3.05, 3.63) is 41.6 Å². The molecule has 0 spiro atoms. The van der Waals surface area contributed by atoms with E-state index in [-0.39, 0.29) is 17.2 Å². The zero-order chi connectivity index (χ0) is 21.9. The number of carbonyl (C=O) groups excluding carboxylic acids is 1. The van der Waals surface area contributed by atoms with Crippen LogP contribution in [0.25, 0.3) is 0 Å². The SMILES string of the molecule is Cc1cc(NC(=O)c2ccc(S(=O)(=O)N3CC(C)CC(C)C3)cc2)n(CCC#N)n1. The van der Waals surface area contributed by atoms with E-state index in [1.807, 2.05) is 0 Å². The summed E-state index contributed by atoms with van der Waals surface area (Å²) in [4.78, 5) is 12.8. The van der Waals surface area contributed by atoms with Crippen molar-refractivity contribution in [2.24, 2.45) is 11.8 Å². The average molecular weight is 430 g/mol. The van der Waals surface area contributed by atoms with Gasteiger partial charge in [0.05, 0.1) is 29.6 Å². The molecule has 1 N–H and O–H groups in total. The van der Waals surface area contributed by atoms with E-state index in [0.29, 0.717) is 42.9 Å². The number of nitriles is 1. The van der Waals surface area contributed by atoms with Crippen LogP contribution in [0.3, 0.4) is 0 Å². The van der Waals surface area contributed by atoms with Crippen molar-refractivity contribution in [2.75, 3.05) is 18.4 Å². The molecule has 1 aromatic carbocycles. The number of carbonyl (C=O) groups is 1. The largest absolute Gasteiger partial charge is 0.307 e. The summed E-state index contributed by atoms with van der Waals surface area (Å²) in [6.07, 6.45) is 1.31. The highest BCUT2D eigenvalue weighted by molar-refractivity contribution is 7.89. The van der Waals surface area contributed by atoms with Crippen molar-refractivity contribution in [3.63, 3.8) is 0 Å². The number of amides is 1. The number of aryl methyl sites for hydroxylation is 2. The molecule has 0 aliphatic carbocycles. The van der Waals surface area contributed by atoms with Crippen LogP contribution in [-0.4, -0.2) is 41.5 Å². The summed E-state index contributed by atoms with van der Waals surface area (Å²) in [5.41, 5.74) is 1.08. The van der Waals surface area contributed by atoms with E-state index in [0.717, 1.165) is 12.1 Å². The Morgan fingerprint density at radius 1 is 1.23 bits per heavy atom. The van der Waals surface area contributed by atoms with Crippen LogP contribution in [0.2, 0.25) is 0 Å². The minimum atomic E-state index is -3.59. The Morgan fingerprint density at radius 3 is 2.47 bits per heavy atom. The Bertz CT molecular complexity index is 1040. The highest BCUT2D eigenvalue weighted by Gasteiger charge is 2.31. The maximum atomic E-state index is 13.0. The van der Waals surface area contributed by atoms with Crippen LogP contribution in [0.15, 0.2) is 35.2 Å². The number of piperidine rings is 1. The molecule has 8 nitrogen and oxygen atoms in total. The quantitative estimate of drug-likeness (QED) is 0.759. The van der Waals surface area contributed by atoms with Gasteiger partial charge in [-0.2, -0.15) is 14.7 Å². The molecule has 1 amide bonds. The van der Waals surface area contributed by atoms with Gasteiger partial charge in [-0.1, -0.05) is 13.8 Å². The number of nitrogens with one attached hydrogen (secondary N) is 1. The Balaban J connectivity index is 1.74. The van der Waals surface area contributed by atoms with Crippen LogP contribution in [-0.2, 0) is 16.6 Å². The molecule has 30 heavy (non-hydrogen) atoms. The third kappa shape index (κ3) is 4.89. The first-order valence-electron chi connectivity index (χ1n) is 10.0. The lowest BCUT2D eigenvalue weighted by molar-refractivity contribution is 0.102. The van der Waals surface area contributed by atoms with Crippen molar-refractivity contribution >= 4 is 21.7 Å². The number of aromatic nitrogens is 2. The number of sulfonamides is 1. The molecular weight excluding hydrogens is 402 g/mol. The Kier molecular flexibility index (Phi) is 6.58. The predicted octanol–water partition coefficient (Wildman–Crippen LogP) is 3.02. The Morgan fingerprint density at radius 2 is 1.87 bits per heavy atom. The maximum absolute atomic E-state index is 13.0. The second-order valence-corrected chi connectivity index (χ2v) is 9.99. The summed E-state index contributed by atoms with van der Waals surface area (Å²) in [6.45, 7) is 7.34. The predicted molar refractivity (Wildman–Crippen MR) is 113 cm³/mol. The molecule has 0 radical (unpaired) electrons. The molecule has 0 saturated carbocycles. The summed E-state index contributed by atoms with van der Waals surface area (Å²) in [5, 5.41) is 15.8. The molecule has 2 heterocycles. The molecule has 9 heteroatoms. The van der Waals surface area contributed by atoms with Crippen molar-refractivity contribution in [1.29, 1.82) is 5.26 Å². The molecule has 1 saturated heterocycles. The molecule has 2 unspecified atom stereocenters. The molecular formula is C21H27N5O3S. The summed E-state index contributed by atoms with van der Waals surface area (Å²) < 4.78 is 29.1. The van der Waals surface area contributed by atoms with E-state index >= 15 is 0 Å². The summed E-state index contributed by atoms with van der Waals surface area (Å²) in [7, 11) is -3.59. The van der Waals surface area contributed by atoms with Crippen molar-refractivity contribution in [3.8, 4) is 6.07 Å². The van der Waals surface area contributed by atoms with Crippen LogP contribution in [0.4, 0.5) is 5.82 Å². The van der Waals surface area contributed by atoms with E-state index < -0.39 is 10.0 Å². The lowest BCUT2D eigenvalue weighted by Gasteiger charge is -2.34. The number of rotatable bonds is 6. The second-order valence-electron chi connectivity index (χ2n) is 8.05. The molecule has 0 bridgehead atoms. The second kappa shape index (κ2) is 8.98. The molecule has 1 fully saturated rings. The van der Waals surface area contributed by atoms with Gasteiger partial charge in [-0.05, 0) is 49.4 Å². The first-order chi connectivity index (χ1) is 14.2. The fourth-order valence-electron chi connectivity index (χ4n) is 3.89. The van der Waals surface area contributed by atoms with Gasteiger partial charge >= 0.3 is 0 Å². The zero-order valence-corrected chi connectivity index (χ0v) is 18.3. The molecule has 1 aromatic heterocycles. The summed E-state index contributed by atoms with van der Waals surface area (Å²) in [6, 6.07) is 9.77. The van der Waals surface area contributed by atoms with E-state index in [9.17, 15) is 13.2 Å². The average Bonchev–Trinajstić information content (AvgIpc) is 3.04. The van der Waals surface area contributed by atoms with Gasteiger partial charge < -0.3 is 5.32 Å². The van der Waals surface area contributed by atoms with Crippen molar-refractivity contribution in [1.82, 2.24) is 14.1 Å². The minimum Gasteiger partial charge on any atom is -0.307 e. The summed E-state index contributed by atoms with van der Waals surface area (Å²) >= 11 is 0. The van der Waals surface area contributed by atoms with Crippen molar-refractivity contribution < 1.29 is 13.2 Å². The highest BCUT2D eigenvalue weighted by atomic mass is 32.2. The highest BCUT2D eigenvalue weighted by Crippen LogP contribution is 2.27. The number of hydrogen-bond acceptors (Lipinski definition) is 5. The van der Waals surface area contributed by atoms with Gasteiger partial charge in [-0.15, -0.1) is 0 Å². The molecule has 3 rings (SSSR count). The zero-order valence-electron chi connectivity index (χ0n) is 17.5. The third-order valence-corrected chi connectivity index (χ3v) is 7.01. The lowest BCUT2D eigenvalue weighted by Crippen LogP contribution is -2.42.